The van der Waals surface area contributed by atoms with Crippen molar-refractivity contribution in [1.82, 2.24) is 15.0 Å². The van der Waals surface area contributed by atoms with E-state index in [1.165, 1.54) is 0 Å². The summed E-state index contributed by atoms with van der Waals surface area (Å²) in [6, 6.07) is 5.52. The highest BCUT2D eigenvalue weighted by Crippen LogP contribution is 2.27. The van der Waals surface area contributed by atoms with Gasteiger partial charge in [0.1, 0.15) is 11.6 Å². The lowest BCUT2D eigenvalue weighted by Crippen LogP contribution is -2.06. The maximum absolute atomic E-state index is 5.98. The Kier molecular flexibility index (Phi) is 4.86. The third-order valence-corrected chi connectivity index (χ3v) is 3.66. The summed E-state index contributed by atoms with van der Waals surface area (Å²) in [5.74, 6) is 2.92. The number of hydrogen-bond donors (Lipinski definition) is 2. The number of rotatable bonds is 5. The molecule has 2 aromatic rings. The van der Waals surface area contributed by atoms with Crippen LogP contribution in [0.5, 0.6) is 5.75 Å². The first kappa shape index (κ1) is 14.7. The average molecular weight is 312 g/mol. The Morgan fingerprint density at radius 3 is 2.50 bits per heavy atom. The first-order valence-corrected chi connectivity index (χ1v) is 7.28. The van der Waals surface area contributed by atoms with Crippen molar-refractivity contribution in [3.63, 3.8) is 0 Å². The normalized spacial score (nSPS) is 10.5. The molecule has 6 nitrogen and oxygen atoms in total. The number of halogens is 1. The molecule has 8 heteroatoms. The summed E-state index contributed by atoms with van der Waals surface area (Å²) >= 11 is 7.59. The van der Waals surface area contributed by atoms with Gasteiger partial charge in [-0.05, 0) is 18.2 Å². The molecule has 0 unspecified atom stereocenters. The van der Waals surface area contributed by atoms with E-state index in [1.807, 2.05) is 12.1 Å². The number of benzene rings is 1. The van der Waals surface area contributed by atoms with Gasteiger partial charge in [0.2, 0.25) is 11.9 Å². The molecule has 20 heavy (non-hydrogen) atoms. The lowest BCUT2D eigenvalue weighted by Gasteiger charge is -2.08. The predicted octanol–water partition coefficient (Wildman–Crippen LogP) is 2.13. The van der Waals surface area contributed by atoms with Crippen LogP contribution in [0.25, 0.3) is 0 Å². The van der Waals surface area contributed by atoms with E-state index in [0.29, 0.717) is 16.6 Å². The Bertz CT molecular complexity index is 590. The molecular weight excluding hydrogens is 298 g/mol. The second-order valence-corrected chi connectivity index (χ2v) is 5.34. The highest BCUT2D eigenvalue weighted by Gasteiger charge is 2.06. The number of nitrogens with zero attached hydrogens (tertiary/aromatic N) is 3. The van der Waals surface area contributed by atoms with Crippen molar-refractivity contribution >= 4 is 35.3 Å². The van der Waals surface area contributed by atoms with Crippen LogP contribution in [-0.4, -0.2) is 22.1 Å². The Morgan fingerprint density at radius 2 is 1.85 bits per heavy atom. The quantitative estimate of drug-likeness (QED) is 0.872. The number of aromatic nitrogens is 3. The molecule has 0 saturated carbocycles. The summed E-state index contributed by atoms with van der Waals surface area (Å²) in [7, 11) is 1.63. The molecule has 106 valence electrons. The SMILES string of the molecule is COc1ccc(Cl)cc1CSCc1nc(N)nc(N)n1. The summed E-state index contributed by atoms with van der Waals surface area (Å²) in [5, 5.41) is 0.676. The van der Waals surface area contributed by atoms with E-state index in [4.69, 9.17) is 27.8 Å². The lowest BCUT2D eigenvalue weighted by atomic mass is 10.2. The molecule has 0 aliphatic heterocycles. The zero-order chi connectivity index (χ0) is 14.5. The maximum Gasteiger partial charge on any atom is 0.225 e. The van der Waals surface area contributed by atoms with Crippen LogP contribution >= 0.6 is 23.4 Å². The van der Waals surface area contributed by atoms with E-state index in [-0.39, 0.29) is 11.9 Å². The van der Waals surface area contributed by atoms with Crippen LogP contribution in [0.4, 0.5) is 11.9 Å². The standard InChI is InChI=1S/C12H14ClN5OS/c1-19-9-3-2-8(13)4-7(9)5-20-6-10-16-11(14)18-12(15)17-10/h2-4H,5-6H2,1H3,(H4,14,15,16,17,18). The molecule has 0 fully saturated rings. The maximum atomic E-state index is 5.98. The molecule has 1 aromatic heterocycles. The fraction of sp³-hybridized carbons (Fsp3) is 0.250. The molecule has 4 N–H and O–H groups in total. The summed E-state index contributed by atoms with van der Waals surface area (Å²) in [6.45, 7) is 0. The van der Waals surface area contributed by atoms with Gasteiger partial charge in [0.25, 0.3) is 0 Å². The zero-order valence-corrected chi connectivity index (χ0v) is 12.4. The van der Waals surface area contributed by atoms with Crippen molar-refractivity contribution in [2.24, 2.45) is 0 Å². The van der Waals surface area contributed by atoms with Crippen LogP contribution in [0.1, 0.15) is 11.4 Å². The minimum atomic E-state index is 0.133. The van der Waals surface area contributed by atoms with Crippen LogP contribution < -0.4 is 16.2 Å². The third-order valence-electron chi connectivity index (χ3n) is 2.45. The van der Waals surface area contributed by atoms with Crippen LogP contribution in [0.3, 0.4) is 0 Å². The molecule has 2 rings (SSSR count). The largest absolute Gasteiger partial charge is 0.496 e. The van der Waals surface area contributed by atoms with Crippen LogP contribution in [0.15, 0.2) is 18.2 Å². The summed E-state index contributed by atoms with van der Waals surface area (Å²) in [6.07, 6.45) is 0. The van der Waals surface area contributed by atoms with Crippen molar-refractivity contribution in [3.05, 3.63) is 34.6 Å². The van der Waals surface area contributed by atoms with Crippen molar-refractivity contribution in [1.29, 1.82) is 0 Å². The zero-order valence-electron chi connectivity index (χ0n) is 10.8. The Hall–Kier alpha value is -1.73. The fourth-order valence-corrected chi connectivity index (χ4v) is 2.69. The van der Waals surface area contributed by atoms with E-state index in [2.05, 4.69) is 15.0 Å². The van der Waals surface area contributed by atoms with Gasteiger partial charge >= 0.3 is 0 Å². The fourth-order valence-electron chi connectivity index (χ4n) is 1.63. The molecule has 0 atom stereocenters. The molecule has 0 saturated heterocycles. The van der Waals surface area contributed by atoms with Crippen LogP contribution in [0, 0.1) is 0 Å². The number of thioether (sulfide) groups is 1. The van der Waals surface area contributed by atoms with E-state index in [0.717, 1.165) is 17.1 Å². The number of ether oxygens (including phenoxy) is 1. The van der Waals surface area contributed by atoms with Gasteiger partial charge in [-0.2, -0.15) is 15.0 Å². The molecule has 0 bridgehead atoms. The van der Waals surface area contributed by atoms with Crippen molar-refractivity contribution in [2.75, 3.05) is 18.6 Å². The molecule has 1 heterocycles. The van der Waals surface area contributed by atoms with Gasteiger partial charge in [-0.3, -0.25) is 0 Å². The average Bonchev–Trinajstić information content (AvgIpc) is 2.38. The predicted molar refractivity (Wildman–Crippen MR) is 81.7 cm³/mol. The minimum absolute atomic E-state index is 0.133. The Labute approximate surface area is 125 Å². The van der Waals surface area contributed by atoms with Crippen LogP contribution in [-0.2, 0) is 11.5 Å². The number of hydrogen-bond acceptors (Lipinski definition) is 7. The van der Waals surface area contributed by atoms with E-state index < -0.39 is 0 Å². The molecule has 0 amide bonds. The summed E-state index contributed by atoms with van der Waals surface area (Å²) in [5.41, 5.74) is 12.1. The van der Waals surface area contributed by atoms with E-state index in [1.54, 1.807) is 24.9 Å². The van der Waals surface area contributed by atoms with Crippen molar-refractivity contribution < 1.29 is 4.74 Å². The number of nitrogen functional groups attached to an aromatic ring is 2. The number of nitrogens with two attached hydrogens (primary N) is 2. The van der Waals surface area contributed by atoms with Crippen LogP contribution in [0.2, 0.25) is 5.02 Å². The lowest BCUT2D eigenvalue weighted by molar-refractivity contribution is 0.411. The van der Waals surface area contributed by atoms with Gasteiger partial charge in [0, 0.05) is 16.3 Å². The van der Waals surface area contributed by atoms with Gasteiger partial charge < -0.3 is 16.2 Å². The topological polar surface area (TPSA) is 99.9 Å². The molecule has 0 aliphatic rings. The summed E-state index contributed by atoms with van der Waals surface area (Å²) in [4.78, 5) is 11.8. The Balaban J connectivity index is 2.00. The smallest absolute Gasteiger partial charge is 0.225 e. The molecule has 0 spiro atoms. The van der Waals surface area contributed by atoms with Gasteiger partial charge in [-0.15, -0.1) is 11.8 Å². The van der Waals surface area contributed by atoms with Crippen molar-refractivity contribution in [2.45, 2.75) is 11.5 Å². The number of methoxy groups -OCH3 is 1. The second-order valence-electron chi connectivity index (χ2n) is 3.92. The number of anilines is 2. The van der Waals surface area contributed by atoms with E-state index >= 15 is 0 Å². The van der Waals surface area contributed by atoms with E-state index in [9.17, 15) is 0 Å². The molecular formula is C12H14ClN5OS. The van der Waals surface area contributed by atoms with Gasteiger partial charge in [0.05, 0.1) is 12.9 Å². The highest BCUT2D eigenvalue weighted by atomic mass is 35.5. The van der Waals surface area contributed by atoms with Gasteiger partial charge in [-0.1, -0.05) is 11.6 Å². The first-order valence-electron chi connectivity index (χ1n) is 5.74. The molecule has 0 aliphatic carbocycles. The first-order chi connectivity index (χ1) is 9.58. The Morgan fingerprint density at radius 1 is 1.15 bits per heavy atom. The third kappa shape index (κ3) is 3.88. The summed E-state index contributed by atoms with van der Waals surface area (Å²) < 4.78 is 5.29. The highest BCUT2D eigenvalue weighted by molar-refractivity contribution is 7.97. The molecule has 1 aromatic carbocycles. The van der Waals surface area contributed by atoms with Crippen molar-refractivity contribution in [3.8, 4) is 5.75 Å². The second kappa shape index (κ2) is 6.62. The minimum Gasteiger partial charge on any atom is -0.496 e. The monoisotopic (exact) mass is 311 g/mol. The molecule has 0 radical (unpaired) electrons. The van der Waals surface area contributed by atoms with Gasteiger partial charge in [-0.25, -0.2) is 0 Å². The van der Waals surface area contributed by atoms with Gasteiger partial charge in [0.15, 0.2) is 0 Å².